The summed E-state index contributed by atoms with van der Waals surface area (Å²) in [5.74, 6) is 0.970. The molecule has 1 saturated carbocycles. The molecular formula is C12H28BrMgOSi+. The Kier molecular flexibility index (Phi) is 16.3. The van der Waals surface area contributed by atoms with E-state index in [1.165, 1.54) is 25.7 Å². The van der Waals surface area contributed by atoms with Gasteiger partial charge in [0.1, 0.15) is 0 Å². The van der Waals surface area contributed by atoms with E-state index in [-0.39, 0.29) is 40.0 Å². The fourth-order valence-electron chi connectivity index (χ4n) is 1.79. The molecule has 16 heavy (non-hydrogen) atoms. The maximum absolute atomic E-state index is 8.19. The van der Waals surface area contributed by atoms with Gasteiger partial charge >= 0.3 is 23.1 Å². The van der Waals surface area contributed by atoms with Gasteiger partial charge in [-0.15, -0.1) is 17.0 Å². The molecule has 0 bridgehead atoms. The van der Waals surface area contributed by atoms with Gasteiger partial charge in [-0.05, 0) is 24.4 Å². The Labute approximate surface area is 130 Å². The second-order valence-electron chi connectivity index (χ2n) is 5.60. The van der Waals surface area contributed by atoms with Gasteiger partial charge in [0.2, 0.25) is 0 Å². The van der Waals surface area contributed by atoms with E-state index in [2.05, 4.69) is 27.2 Å². The molecule has 0 spiro atoms. The normalized spacial score (nSPS) is 16.7. The molecular weight excluding hydrogens is 292 g/mol. The van der Waals surface area contributed by atoms with Crippen LogP contribution >= 0.6 is 17.0 Å². The van der Waals surface area contributed by atoms with Crippen LogP contribution in [0, 0.1) is 17.8 Å². The van der Waals surface area contributed by atoms with Crippen molar-refractivity contribution in [2.75, 3.05) is 0 Å². The molecule has 0 aromatic heterocycles. The van der Waals surface area contributed by atoms with Crippen molar-refractivity contribution in [1.82, 2.24) is 0 Å². The molecule has 1 aliphatic carbocycles. The molecule has 0 atom stereocenters. The molecule has 1 fully saturated rings. The Morgan fingerprint density at radius 1 is 1.12 bits per heavy atom. The molecule has 0 amide bonds. The van der Waals surface area contributed by atoms with Crippen LogP contribution in [0.3, 0.4) is 0 Å². The quantitative estimate of drug-likeness (QED) is 0.534. The van der Waals surface area contributed by atoms with Gasteiger partial charge in [0, 0.05) is 0 Å². The monoisotopic (exact) mass is 319 g/mol. The average Bonchev–Trinajstić information content (AvgIpc) is 2.03. The molecule has 0 saturated heterocycles. The minimum absolute atomic E-state index is 0. The number of hydrogen-bond donors (Lipinski definition) is 1. The molecule has 0 aromatic rings. The summed E-state index contributed by atoms with van der Waals surface area (Å²) in [4.78, 5) is 8.19. The SMILES string of the molecule is Br.CC(C)(C)C1CC[CH-]CC1.C[SiH](C)O.[Mg+2]. The zero-order chi connectivity index (χ0) is 11.2. The Bertz CT molecular complexity index is 140. The van der Waals surface area contributed by atoms with E-state index in [1.807, 2.05) is 13.1 Å². The third kappa shape index (κ3) is 13.5. The summed E-state index contributed by atoms with van der Waals surface area (Å²) in [6, 6.07) is 0. The molecule has 0 aromatic carbocycles. The first-order valence-corrected chi connectivity index (χ1v) is 8.66. The second kappa shape index (κ2) is 11.5. The molecule has 0 unspecified atom stereocenters. The van der Waals surface area contributed by atoms with Crippen molar-refractivity contribution < 1.29 is 4.80 Å². The van der Waals surface area contributed by atoms with E-state index in [9.17, 15) is 0 Å². The largest absolute Gasteiger partial charge is 2.00 e. The van der Waals surface area contributed by atoms with Crippen LogP contribution in [0.25, 0.3) is 0 Å². The fraction of sp³-hybridized carbons (Fsp3) is 0.917. The second-order valence-corrected chi connectivity index (χ2v) is 7.79. The van der Waals surface area contributed by atoms with Gasteiger partial charge in [0.05, 0.1) is 0 Å². The maximum Gasteiger partial charge on any atom is 2.00 e. The van der Waals surface area contributed by atoms with Gasteiger partial charge in [0.15, 0.2) is 9.04 Å². The summed E-state index contributed by atoms with van der Waals surface area (Å²) in [7, 11) is -1.14. The van der Waals surface area contributed by atoms with Crippen LogP contribution in [0.1, 0.15) is 46.5 Å². The fourth-order valence-corrected chi connectivity index (χ4v) is 1.79. The third-order valence-electron chi connectivity index (χ3n) is 2.66. The zero-order valence-electron chi connectivity index (χ0n) is 11.6. The Morgan fingerprint density at radius 3 is 1.62 bits per heavy atom. The van der Waals surface area contributed by atoms with Crippen molar-refractivity contribution in [3.05, 3.63) is 6.42 Å². The molecule has 1 nitrogen and oxygen atoms in total. The summed E-state index contributed by atoms with van der Waals surface area (Å²) in [6.45, 7) is 10.8. The van der Waals surface area contributed by atoms with E-state index < -0.39 is 9.04 Å². The Hall–Kier alpha value is 1.42. The van der Waals surface area contributed by atoms with Crippen LogP contribution in [-0.4, -0.2) is 36.9 Å². The molecule has 0 aliphatic heterocycles. The topological polar surface area (TPSA) is 20.2 Å². The van der Waals surface area contributed by atoms with Crippen molar-refractivity contribution in [3.63, 3.8) is 0 Å². The van der Waals surface area contributed by atoms with Crippen LogP contribution < -0.4 is 0 Å². The smallest absolute Gasteiger partial charge is 0.435 e. The summed E-state index contributed by atoms with van der Waals surface area (Å²) in [6.07, 6.45) is 7.97. The number of halogens is 1. The molecule has 1 aliphatic rings. The van der Waals surface area contributed by atoms with Gasteiger partial charge < -0.3 is 11.2 Å². The predicted molar refractivity (Wildman–Crippen MR) is 82.9 cm³/mol. The summed E-state index contributed by atoms with van der Waals surface area (Å²) < 4.78 is 0. The summed E-state index contributed by atoms with van der Waals surface area (Å²) in [5.41, 5.74) is 0.550. The molecule has 0 heterocycles. The third-order valence-corrected chi connectivity index (χ3v) is 2.66. The van der Waals surface area contributed by atoms with E-state index >= 15 is 0 Å². The van der Waals surface area contributed by atoms with E-state index in [1.54, 1.807) is 0 Å². The Morgan fingerprint density at radius 2 is 1.44 bits per heavy atom. The Balaban J connectivity index is -0.000000249. The average molecular weight is 321 g/mol. The van der Waals surface area contributed by atoms with Crippen molar-refractivity contribution in [2.45, 2.75) is 59.5 Å². The van der Waals surface area contributed by atoms with Crippen molar-refractivity contribution in [2.24, 2.45) is 11.3 Å². The van der Waals surface area contributed by atoms with E-state index in [0.717, 1.165) is 5.92 Å². The van der Waals surface area contributed by atoms with Crippen molar-refractivity contribution in [1.29, 1.82) is 0 Å². The molecule has 1 N–H and O–H groups in total. The van der Waals surface area contributed by atoms with Gasteiger partial charge in [-0.1, -0.05) is 33.6 Å². The standard InChI is InChI=1S/C10H19.C2H8OSi.BrH.Mg/c1-10(2,3)9-7-5-4-6-8-9;1-4(2)3;;/h4,9H,5-8H2,1-3H3;3-4H,1-2H3;1H;/q-1;;;+2. The minimum atomic E-state index is -1.14. The van der Waals surface area contributed by atoms with E-state index in [0.29, 0.717) is 5.41 Å². The van der Waals surface area contributed by atoms with Crippen LogP contribution in [0.5, 0.6) is 0 Å². The molecule has 94 valence electrons. The first-order valence-electron chi connectivity index (χ1n) is 5.83. The van der Waals surface area contributed by atoms with Gasteiger partial charge in [-0.25, -0.2) is 0 Å². The van der Waals surface area contributed by atoms with E-state index in [4.69, 9.17) is 4.80 Å². The predicted octanol–water partition coefficient (Wildman–Crippen LogP) is 3.59. The van der Waals surface area contributed by atoms with Gasteiger partial charge in [-0.2, -0.15) is 12.8 Å². The van der Waals surface area contributed by atoms with Gasteiger partial charge in [-0.3, -0.25) is 0 Å². The van der Waals surface area contributed by atoms with Crippen LogP contribution in [0.2, 0.25) is 13.1 Å². The minimum Gasteiger partial charge on any atom is -0.435 e. The van der Waals surface area contributed by atoms with Crippen molar-refractivity contribution >= 4 is 49.1 Å². The maximum atomic E-state index is 8.19. The summed E-state index contributed by atoms with van der Waals surface area (Å²) >= 11 is 0. The number of rotatable bonds is 0. The molecule has 4 heteroatoms. The van der Waals surface area contributed by atoms with Gasteiger partial charge in [0.25, 0.3) is 0 Å². The van der Waals surface area contributed by atoms with Crippen LogP contribution in [-0.2, 0) is 0 Å². The zero-order valence-corrected chi connectivity index (χ0v) is 15.9. The number of hydrogen-bond acceptors (Lipinski definition) is 1. The van der Waals surface area contributed by atoms with Crippen LogP contribution in [0.15, 0.2) is 0 Å². The molecule has 0 radical (unpaired) electrons. The van der Waals surface area contributed by atoms with Crippen LogP contribution in [0.4, 0.5) is 0 Å². The first kappa shape index (κ1) is 22.6. The first-order chi connectivity index (χ1) is 6.34. The van der Waals surface area contributed by atoms with Crippen molar-refractivity contribution in [3.8, 4) is 0 Å². The summed E-state index contributed by atoms with van der Waals surface area (Å²) in [5, 5.41) is 0. The molecule has 1 rings (SSSR count).